The van der Waals surface area contributed by atoms with Crippen molar-refractivity contribution in [2.24, 2.45) is 0 Å². The van der Waals surface area contributed by atoms with E-state index < -0.39 is 5.97 Å². The number of aromatic carboxylic acids is 1. The second-order valence-electron chi connectivity index (χ2n) is 4.42. The van der Waals surface area contributed by atoms with Crippen molar-refractivity contribution in [2.45, 2.75) is 6.42 Å². The topological polar surface area (TPSA) is 46.5 Å². The van der Waals surface area contributed by atoms with Crippen molar-refractivity contribution in [3.63, 3.8) is 0 Å². The van der Waals surface area contributed by atoms with Crippen LogP contribution in [0.5, 0.6) is 5.75 Å². The Morgan fingerprint density at radius 2 is 1.90 bits per heavy atom. The molecule has 0 aliphatic rings. The van der Waals surface area contributed by atoms with E-state index >= 15 is 0 Å². The average Bonchev–Trinajstić information content (AvgIpc) is 2.49. The highest BCUT2D eigenvalue weighted by molar-refractivity contribution is 14.1. The van der Waals surface area contributed by atoms with Crippen LogP contribution in [-0.2, 0) is 6.42 Å². The molecule has 0 fully saturated rings. The van der Waals surface area contributed by atoms with Gasteiger partial charge in [0.15, 0.2) is 0 Å². The molecule has 0 aliphatic heterocycles. The van der Waals surface area contributed by atoms with E-state index in [-0.39, 0.29) is 5.56 Å². The van der Waals surface area contributed by atoms with Gasteiger partial charge in [0.25, 0.3) is 0 Å². The van der Waals surface area contributed by atoms with Crippen molar-refractivity contribution in [2.75, 3.05) is 6.61 Å². The van der Waals surface area contributed by atoms with Gasteiger partial charge in [-0.3, -0.25) is 0 Å². The van der Waals surface area contributed by atoms with Crippen molar-refractivity contribution in [1.29, 1.82) is 0 Å². The predicted molar refractivity (Wildman–Crippen MR) is 90.9 cm³/mol. The molecule has 0 radical (unpaired) electrons. The van der Waals surface area contributed by atoms with E-state index in [1.165, 1.54) is 5.56 Å². The van der Waals surface area contributed by atoms with Crippen LogP contribution in [0.1, 0.15) is 15.9 Å². The van der Waals surface area contributed by atoms with Gasteiger partial charge in [0.2, 0.25) is 0 Å². The number of halogens is 1. The zero-order chi connectivity index (χ0) is 15.1. The number of benzene rings is 2. The van der Waals surface area contributed by atoms with E-state index in [1.54, 1.807) is 18.2 Å². The molecule has 108 valence electrons. The first kappa shape index (κ1) is 15.6. The lowest BCUT2D eigenvalue weighted by atomic mass is 10.1. The van der Waals surface area contributed by atoms with Gasteiger partial charge < -0.3 is 9.84 Å². The van der Waals surface area contributed by atoms with E-state index in [0.717, 1.165) is 9.99 Å². The third-order valence-corrected chi connectivity index (χ3v) is 3.72. The molecule has 2 rings (SSSR count). The molecule has 3 nitrogen and oxygen atoms in total. The minimum Gasteiger partial charge on any atom is -0.488 e. The molecule has 0 unspecified atom stereocenters. The molecular weight excluding hydrogens is 379 g/mol. The van der Waals surface area contributed by atoms with Crippen LogP contribution in [0.2, 0.25) is 0 Å². The third-order valence-electron chi connectivity index (χ3n) is 2.88. The van der Waals surface area contributed by atoms with Gasteiger partial charge in [-0.15, -0.1) is 0 Å². The molecule has 0 aromatic heterocycles. The normalized spacial score (nSPS) is 10.7. The summed E-state index contributed by atoms with van der Waals surface area (Å²) < 4.78 is 6.42. The summed E-state index contributed by atoms with van der Waals surface area (Å²) in [6.07, 6.45) is 4.90. The molecule has 21 heavy (non-hydrogen) atoms. The zero-order valence-electron chi connectivity index (χ0n) is 11.3. The third kappa shape index (κ3) is 4.90. The van der Waals surface area contributed by atoms with Gasteiger partial charge in [-0.1, -0.05) is 42.5 Å². The summed E-state index contributed by atoms with van der Waals surface area (Å²) in [6.45, 7) is 0.468. The van der Waals surface area contributed by atoms with Crippen molar-refractivity contribution in [3.05, 3.63) is 75.4 Å². The number of hydrogen-bond donors (Lipinski definition) is 1. The minimum atomic E-state index is -0.928. The molecule has 0 saturated carbocycles. The molecule has 0 atom stereocenters. The summed E-state index contributed by atoms with van der Waals surface area (Å²) in [4.78, 5) is 10.8. The van der Waals surface area contributed by atoms with Gasteiger partial charge >= 0.3 is 5.97 Å². The number of allylic oxidation sites excluding steroid dienone is 1. The smallest absolute Gasteiger partial charge is 0.335 e. The number of ether oxygens (including phenoxy) is 1. The Balaban J connectivity index is 1.85. The first-order valence-electron chi connectivity index (χ1n) is 6.51. The van der Waals surface area contributed by atoms with Crippen LogP contribution in [-0.4, -0.2) is 17.7 Å². The van der Waals surface area contributed by atoms with Crippen molar-refractivity contribution in [3.8, 4) is 5.75 Å². The molecular formula is C17H15IO3. The van der Waals surface area contributed by atoms with E-state index in [2.05, 4.69) is 40.8 Å². The van der Waals surface area contributed by atoms with Crippen LogP contribution in [0.25, 0.3) is 0 Å². The zero-order valence-corrected chi connectivity index (χ0v) is 13.5. The highest BCUT2D eigenvalue weighted by atomic mass is 127. The first-order valence-corrected chi connectivity index (χ1v) is 7.59. The average molecular weight is 394 g/mol. The Bertz CT molecular complexity index is 636. The Morgan fingerprint density at radius 1 is 1.14 bits per heavy atom. The fourth-order valence-electron chi connectivity index (χ4n) is 1.79. The molecule has 0 bridgehead atoms. The molecule has 0 amide bonds. The fourth-order valence-corrected chi connectivity index (χ4v) is 2.46. The van der Waals surface area contributed by atoms with Gasteiger partial charge in [-0.25, -0.2) is 4.79 Å². The van der Waals surface area contributed by atoms with Crippen LogP contribution >= 0.6 is 22.6 Å². The summed E-state index contributed by atoms with van der Waals surface area (Å²) in [7, 11) is 0. The van der Waals surface area contributed by atoms with Crippen molar-refractivity contribution >= 4 is 28.6 Å². The Labute approximate surface area is 137 Å². The standard InChI is InChI=1S/C17H15IO3/c18-15-12-14(17(19)20)9-10-16(15)21-11-5-4-8-13-6-2-1-3-7-13/h1-7,9-10,12H,8,11H2,(H,19,20). The van der Waals surface area contributed by atoms with E-state index in [9.17, 15) is 4.79 Å². The highest BCUT2D eigenvalue weighted by Crippen LogP contribution is 2.22. The summed E-state index contributed by atoms with van der Waals surface area (Å²) in [5, 5.41) is 8.90. The molecule has 0 spiro atoms. The minimum absolute atomic E-state index is 0.270. The van der Waals surface area contributed by atoms with Gasteiger partial charge in [-0.05, 0) is 52.8 Å². The van der Waals surface area contributed by atoms with Crippen LogP contribution in [0.15, 0.2) is 60.7 Å². The fraction of sp³-hybridized carbons (Fsp3) is 0.118. The first-order chi connectivity index (χ1) is 10.2. The van der Waals surface area contributed by atoms with Crippen molar-refractivity contribution < 1.29 is 14.6 Å². The van der Waals surface area contributed by atoms with Gasteiger partial charge in [0, 0.05) is 0 Å². The van der Waals surface area contributed by atoms with Crippen LogP contribution < -0.4 is 4.74 Å². The number of carboxylic acid groups (broad SMARTS) is 1. The Morgan fingerprint density at radius 3 is 2.57 bits per heavy atom. The lowest BCUT2D eigenvalue weighted by Gasteiger charge is -2.06. The predicted octanol–water partition coefficient (Wildman–Crippen LogP) is 4.17. The van der Waals surface area contributed by atoms with Gasteiger partial charge in [0.1, 0.15) is 12.4 Å². The molecule has 2 aromatic carbocycles. The molecule has 1 N–H and O–H groups in total. The number of rotatable bonds is 6. The van der Waals surface area contributed by atoms with E-state index in [4.69, 9.17) is 9.84 Å². The SMILES string of the molecule is O=C(O)c1ccc(OCC=CCc2ccccc2)c(I)c1. The molecule has 4 heteroatoms. The molecule has 2 aromatic rings. The number of carbonyl (C=O) groups is 1. The van der Waals surface area contributed by atoms with Gasteiger partial charge in [0.05, 0.1) is 9.13 Å². The van der Waals surface area contributed by atoms with Crippen LogP contribution in [0, 0.1) is 3.57 Å². The quantitative estimate of drug-likeness (QED) is 0.591. The molecule has 0 saturated heterocycles. The van der Waals surface area contributed by atoms with Crippen LogP contribution in [0.4, 0.5) is 0 Å². The lowest BCUT2D eigenvalue weighted by molar-refractivity contribution is 0.0697. The number of carboxylic acids is 1. The monoisotopic (exact) mass is 394 g/mol. The van der Waals surface area contributed by atoms with E-state index in [0.29, 0.717) is 12.4 Å². The summed E-state index contributed by atoms with van der Waals surface area (Å²) in [6, 6.07) is 15.0. The van der Waals surface area contributed by atoms with Crippen molar-refractivity contribution in [1.82, 2.24) is 0 Å². The molecule has 0 aliphatic carbocycles. The van der Waals surface area contributed by atoms with Crippen LogP contribution in [0.3, 0.4) is 0 Å². The van der Waals surface area contributed by atoms with E-state index in [1.807, 2.05) is 24.3 Å². The largest absolute Gasteiger partial charge is 0.488 e. The second kappa shape index (κ2) is 7.83. The maximum atomic E-state index is 10.8. The Hall–Kier alpha value is -1.82. The summed E-state index contributed by atoms with van der Waals surface area (Å²) in [5.41, 5.74) is 1.53. The van der Waals surface area contributed by atoms with Gasteiger partial charge in [-0.2, -0.15) is 0 Å². The molecule has 0 heterocycles. The highest BCUT2D eigenvalue weighted by Gasteiger charge is 2.06. The Kier molecular flexibility index (Phi) is 5.80. The summed E-state index contributed by atoms with van der Waals surface area (Å²) >= 11 is 2.08. The maximum Gasteiger partial charge on any atom is 0.335 e. The summed E-state index contributed by atoms with van der Waals surface area (Å²) in [5.74, 6) is -0.229. The maximum absolute atomic E-state index is 10.8. The lowest BCUT2D eigenvalue weighted by Crippen LogP contribution is -2.00. The number of hydrogen-bond acceptors (Lipinski definition) is 2. The second-order valence-corrected chi connectivity index (χ2v) is 5.58.